The lowest BCUT2D eigenvalue weighted by Gasteiger charge is -2.18. The van der Waals surface area contributed by atoms with E-state index in [0.29, 0.717) is 5.69 Å². The molecule has 0 saturated heterocycles. The van der Waals surface area contributed by atoms with Gasteiger partial charge in [-0.05, 0) is 0 Å². The van der Waals surface area contributed by atoms with E-state index in [0.717, 1.165) is 0 Å². The average molecular weight is 242 g/mol. The molecule has 1 aromatic rings. The van der Waals surface area contributed by atoms with Crippen molar-refractivity contribution in [3.8, 4) is 12.1 Å². The summed E-state index contributed by atoms with van der Waals surface area (Å²) in [5.41, 5.74) is 0.430. The molecule has 1 heterocycles. The second kappa shape index (κ2) is 5.35. The monoisotopic (exact) mass is 241 g/mol. The van der Waals surface area contributed by atoms with Gasteiger partial charge in [0.2, 0.25) is 0 Å². The Labute approximate surface area is 96.5 Å². The minimum atomic E-state index is 0.0370. The molecule has 0 unspecified atom stereocenters. The van der Waals surface area contributed by atoms with Crippen LogP contribution in [0.2, 0.25) is 10.3 Å². The standard InChI is InChI=1S/C8H5Cl2N5/c9-7-5-6(8(10)14-13-7)15(3-1-11)4-2-12/h5H,3-4H2. The van der Waals surface area contributed by atoms with Gasteiger partial charge in [-0.3, -0.25) is 0 Å². The maximum Gasteiger partial charge on any atom is 0.175 e. The van der Waals surface area contributed by atoms with E-state index in [2.05, 4.69) is 10.2 Å². The number of hydrogen-bond donors (Lipinski definition) is 0. The quantitative estimate of drug-likeness (QED) is 0.753. The Hall–Kier alpha value is -1.56. The van der Waals surface area contributed by atoms with E-state index >= 15 is 0 Å². The second-order valence-electron chi connectivity index (χ2n) is 2.52. The van der Waals surface area contributed by atoms with Crippen molar-refractivity contribution < 1.29 is 0 Å². The first-order valence-corrected chi connectivity index (χ1v) is 4.62. The van der Waals surface area contributed by atoms with Crippen LogP contribution in [0.1, 0.15) is 0 Å². The molecule has 0 aliphatic heterocycles. The molecule has 0 amide bonds. The van der Waals surface area contributed by atoms with Gasteiger partial charge in [0.15, 0.2) is 10.3 Å². The summed E-state index contributed by atoms with van der Waals surface area (Å²) in [6.45, 7) is 0.0740. The summed E-state index contributed by atoms with van der Waals surface area (Å²) in [5.74, 6) is 0. The topological polar surface area (TPSA) is 76.6 Å². The molecule has 1 rings (SSSR count). The van der Waals surface area contributed by atoms with Crippen LogP contribution in [0.3, 0.4) is 0 Å². The van der Waals surface area contributed by atoms with Crippen LogP contribution in [0.15, 0.2) is 6.07 Å². The third-order valence-electron chi connectivity index (χ3n) is 1.56. The number of halogens is 2. The van der Waals surface area contributed by atoms with E-state index in [1.54, 1.807) is 0 Å². The molecule has 0 atom stereocenters. The molecule has 7 heteroatoms. The van der Waals surface area contributed by atoms with Crippen molar-refractivity contribution in [2.75, 3.05) is 18.0 Å². The number of nitriles is 2. The van der Waals surface area contributed by atoms with Crippen LogP contribution in [0, 0.1) is 22.7 Å². The third-order valence-corrected chi connectivity index (χ3v) is 2.02. The predicted molar refractivity (Wildman–Crippen MR) is 55.5 cm³/mol. The van der Waals surface area contributed by atoms with Crippen LogP contribution in [0.25, 0.3) is 0 Å². The molecule has 0 fully saturated rings. The molecular weight excluding hydrogens is 237 g/mol. The van der Waals surface area contributed by atoms with Gasteiger partial charge >= 0.3 is 0 Å². The van der Waals surface area contributed by atoms with Crippen molar-refractivity contribution in [3.63, 3.8) is 0 Å². The number of aromatic nitrogens is 2. The Balaban J connectivity index is 3.06. The Morgan fingerprint density at radius 3 is 2.33 bits per heavy atom. The normalized spacial score (nSPS) is 9.07. The molecule has 0 saturated carbocycles. The third kappa shape index (κ3) is 2.95. The van der Waals surface area contributed by atoms with Crippen molar-refractivity contribution >= 4 is 28.9 Å². The predicted octanol–water partition coefficient (Wildman–Crippen LogP) is 1.64. The number of anilines is 1. The minimum absolute atomic E-state index is 0.0370. The summed E-state index contributed by atoms with van der Waals surface area (Å²) in [4.78, 5) is 1.46. The lowest BCUT2D eigenvalue weighted by molar-refractivity contribution is 0.936. The van der Waals surface area contributed by atoms with Crippen LogP contribution < -0.4 is 4.90 Å². The highest BCUT2D eigenvalue weighted by Gasteiger charge is 2.12. The zero-order valence-corrected chi connectivity index (χ0v) is 9.00. The zero-order valence-electron chi connectivity index (χ0n) is 7.48. The highest BCUT2D eigenvalue weighted by molar-refractivity contribution is 6.33. The van der Waals surface area contributed by atoms with Crippen LogP contribution in [-0.4, -0.2) is 23.3 Å². The molecule has 0 aromatic carbocycles. The molecule has 0 aliphatic rings. The summed E-state index contributed by atoms with van der Waals surface area (Å²) in [6, 6.07) is 5.31. The van der Waals surface area contributed by atoms with Crippen molar-refractivity contribution in [3.05, 3.63) is 16.4 Å². The fourth-order valence-corrected chi connectivity index (χ4v) is 1.32. The first-order chi connectivity index (χ1) is 7.19. The van der Waals surface area contributed by atoms with Crippen molar-refractivity contribution in [1.29, 1.82) is 10.5 Å². The lowest BCUT2D eigenvalue weighted by atomic mass is 10.4. The van der Waals surface area contributed by atoms with Gasteiger partial charge in [0.25, 0.3) is 0 Å². The first kappa shape index (κ1) is 11.5. The highest BCUT2D eigenvalue weighted by Crippen LogP contribution is 2.24. The van der Waals surface area contributed by atoms with Gasteiger partial charge in [-0.15, -0.1) is 10.2 Å². The molecule has 15 heavy (non-hydrogen) atoms. The SMILES string of the molecule is N#CCN(CC#N)c1cc(Cl)nnc1Cl. The van der Waals surface area contributed by atoms with E-state index in [1.165, 1.54) is 11.0 Å². The van der Waals surface area contributed by atoms with E-state index in [-0.39, 0.29) is 23.4 Å². The summed E-state index contributed by atoms with van der Waals surface area (Å²) < 4.78 is 0. The molecule has 0 aliphatic carbocycles. The van der Waals surface area contributed by atoms with E-state index in [4.69, 9.17) is 33.7 Å². The smallest absolute Gasteiger partial charge is 0.175 e. The number of rotatable bonds is 3. The largest absolute Gasteiger partial charge is 0.342 e. The minimum Gasteiger partial charge on any atom is -0.342 e. The van der Waals surface area contributed by atoms with Gasteiger partial charge in [-0.1, -0.05) is 23.2 Å². The van der Waals surface area contributed by atoms with Crippen molar-refractivity contribution in [2.45, 2.75) is 0 Å². The zero-order chi connectivity index (χ0) is 11.3. The summed E-state index contributed by atoms with van der Waals surface area (Å²) in [5, 5.41) is 24.5. The molecule has 0 bridgehead atoms. The van der Waals surface area contributed by atoms with Crippen LogP contribution in [-0.2, 0) is 0 Å². The van der Waals surface area contributed by atoms with Gasteiger partial charge in [-0.2, -0.15) is 10.5 Å². The molecule has 0 N–H and O–H groups in total. The summed E-state index contributed by atoms with van der Waals surface area (Å²) >= 11 is 11.4. The van der Waals surface area contributed by atoms with Gasteiger partial charge in [-0.25, -0.2) is 0 Å². The fraction of sp³-hybridized carbons (Fsp3) is 0.250. The maximum atomic E-state index is 8.57. The summed E-state index contributed by atoms with van der Waals surface area (Å²) in [7, 11) is 0. The Kier molecular flexibility index (Phi) is 4.11. The van der Waals surface area contributed by atoms with E-state index < -0.39 is 0 Å². The van der Waals surface area contributed by atoms with Gasteiger partial charge in [0, 0.05) is 6.07 Å². The summed E-state index contributed by atoms with van der Waals surface area (Å²) in [6.07, 6.45) is 0. The Bertz CT molecular complexity index is 418. The first-order valence-electron chi connectivity index (χ1n) is 3.86. The molecule has 1 aromatic heterocycles. The lowest BCUT2D eigenvalue weighted by Crippen LogP contribution is -2.24. The second-order valence-corrected chi connectivity index (χ2v) is 3.26. The molecule has 0 spiro atoms. The molecule has 76 valence electrons. The number of nitrogens with zero attached hydrogens (tertiary/aromatic N) is 5. The maximum absolute atomic E-state index is 8.57. The van der Waals surface area contributed by atoms with E-state index in [9.17, 15) is 0 Å². The Morgan fingerprint density at radius 1 is 1.20 bits per heavy atom. The van der Waals surface area contributed by atoms with Crippen molar-refractivity contribution in [2.24, 2.45) is 0 Å². The number of hydrogen-bond acceptors (Lipinski definition) is 5. The van der Waals surface area contributed by atoms with Crippen molar-refractivity contribution in [1.82, 2.24) is 10.2 Å². The van der Waals surface area contributed by atoms with Crippen LogP contribution >= 0.6 is 23.2 Å². The van der Waals surface area contributed by atoms with E-state index in [1.807, 2.05) is 12.1 Å². The highest BCUT2D eigenvalue weighted by atomic mass is 35.5. The van der Waals surface area contributed by atoms with Gasteiger partial charge in [0.05, 0.1) is 17.8 Å². The fourth-order valence-electron chi connectivity index (χ4n) is 0.963. The van der Waals surface area contributed by atoms with Crippen LogP contribution in [0.5, 0.6) is 0 Å². The molecular formula is C8H5Cl2N5. The van der Waals surface area contributed by atoms with Gasteiger partial charge in [0.1, 0.15) is 13.1 Å². The van der Waals surface area contributed by atoms with Crippen LogP contribution in [0.4, 0.5) is 5.69 Å². The molecule has 5 nitrogen and oxygen atoms in total. The van der Waals surface area contributed by atoms with Gasteiger partial charge < -0.3 is 4.90 Å². The Morgan fingerprint density at radius 2 is 1.80 bits per heavy atom. The molecule has 0 radical (unpaired) electrons. The average Bonchev–Trinajstić information content (AvgIpc) is 2.21.